The van der Waals surface area contributed by atoms with E-state index in [4.69, 9.17) is 5.73 Å². The number of benzene rings is 4. The summed E-state index contributed by atoms with van der Waals surface area (Å²) in [6.45, 7) is 0. The number of halogens is 3. The lowest BCUT2D eigenvalue weighted by Crippen LogP contribution is -2.46. The summed E-state index contributed by atoms with van der Waals surface area (Å²) in [5, 5.41) is 6.26. The standard InChI is InChI=1S/C25H19F3N2O2/c26-25(27,28)18-9-5-8-17(13-18)24(32)30-22(23(29)31)14-21-19-10-3-1-6-15(19)12-16-7-2-4-11-20(16)21/h1-13,22H,14H2,(H2,29,31)(H,30,32)/t22-/m1/s1. The predicted molar refractivity (Wildman–Crippen MR) is 117 cm³/mol. The number of hydrogen-bond acceptors (Lipinski definition) is 2. The van der Waals surface area contributed by atoms with Crippen LogP contribution in [0.15, 0.2) is 78.9 Å². The van der Waals surface area contributed by atoms with Gasteiger partial charge in [-0.1, -0.05) is 54.6 Å². The van der Waals surface area contributed by atoms with E-state index in [0.29, 0.717) is 0 Å². The topological polar surface area (TPSA) is 72.2 Å². The number of carbonyl (C=O) groups is 2. The number of primary amides is 1. The Morgan fingerprint density at radius 2 is 1.44 bits per heavy atom. The van der Waals surface area contributed by atoms with Gasteiger partial charge >= 0.3 is 6.18 Å². The highest BCUT2D eigenvalue weighted by atomic mass is 19.4. The minimum Gasteiger partial charge on any atom is -0.368 e. The van der Waals surface area contributed by atoms with Crippen LogP contribution in [0.25, 0.3) is 21.5 Å². The zero-order valence-corrected chi connectivity index (χ0v) is 16.8. The van der Waals surface area contributed by atoms with E-state index >= 15 is 0 Å². The Morgan fingerprint density at radius 3 is 2.00 bits per heavy atom. The lowest BCUT2D eigenvalue weighted by atomic mass is 9.92. The first-order chi connectivity index (χ1) is 15.2. The quantitative estimate of drug-likeness (QED) is 0.440. The van der Waals surface area contributed by atoms with E-state index in [0.717, 1.165) is 45.3 Å². The summed E-state index contributed by atoms with van der Waals surface area (Å²) in [7, 11) is 0. The highest BCUT2D eigenvalue weighted by Gasteiger charge is 2.31. The third-order valence-electron chi connectivity index (χ3n) is 5.39. The van der Waals surface area contributed by atoms with E-state index < -0.39 is 29.6 Å². The smallest absolute Gasteiger partial charge is 0.368 e. The fourth-order valence-corrected chi connectivity index (χ4v) is 3.83. The molecule has 7 heteroatoms. The molecule has 162 valence electrons. The number of rotatable bonds is 5. The summed E-state index contributed by atoms with van der Waals surface area (Å²) in [6, 6.07) is 20.3. The van der Waals surface area contributed by atoms with Gasteiger partial charge in [0.15, 0.2) is 0 Å². The zero-order valence-electron chi connectivity index (χ0n) is 16.8. The van der Waals surface area contributed by atoms with Crippen LogP contribution < -0.4 is 11.1 Å². The van der Waals surface area contributed by atoms with Crippen LogP contribution in [-0.2, 0) is 17.4 Å². The summed E-state index contributed by atoms with van der Waals surface area (Å²) in [5.74, 6) is -1.58. The highest BCUT2D eigenvalue weighted by Crippen LogP contribution is 2.31. The van der Waals surface area contributed by atoms with Crippen molar-refractivity contribution in [2.45, 2.75) is 18.6 Å². The van der Waals surface area contributed by atoms with Gasteiger partial charge in [0, 0.05) is 12.0 Å². The first kappa shape index (κ1) is 21.4. The summed E-state index contributed by atoms with van der Waals surface area (Å²) < 4.78 is 39.0. The molecule has 0 aliphatic carbocycles. The molecular formula is C25H19F3N2O2. The predicted octanol–water partition coefficient (Wildman–Crippen LogP) is 4.84. The number of alkyl halides is 3. The van der Waals surface area contributed by atoms with Gasteiger partial charge in [0.1, 0.15) is 6.04 Å². The minimum absolute atomic E-state index is 0.0991. The molecule has 0 saturated heterocycles. The summed E-state index contributed by atoms with van der Waals surface area (Å²) in [5.41, 5.74) is 5.25. The molecule has 4 nitrogen and oxygen atoms in total. The zero-order chi connectivity index (χ0) is 22.9. The monoisotopic (exact) mass is 436 g/mol. The number of carbonyl (C=O) groups excluding carboxylic acids is 2. The Morgan fingerprint density at radius 1 is 0.844 bits per heavy atom. The van der Waals surface area contributed by atoms with Gasteiger partial charge < -0.3 is 11.1 Å². The Kier molecular flexibility index (Phi) is 5.57. The lowest BCUT2D eigenvalue weighted by molar-refractivity contribution is -0.137. The van der Waals surface area contributed by atoms with Gasteiger partial charge in [0.2, 0.25) is 5.91 Å². The van der Waals surface area contributed by atoms with Crippen LogP contribution in [0.4, 0.5) is 13.2 Å². The van der Waals surface area contributed by atoms with Crippen LogP contribution in [0.1, 0.15) is 21.5 Å². The number of hydrogen-bond donors (Lipinski definition) is 2. The SMILES string of the molecule is NC(=O)[C@@H](Cc1c2ccccc2cc2ccccc12)NC(=O)c1cccc(C(F)(F)F)c1. The van der Waals surface area contributed by atoms with Crippen molar-refractivity contribution in [2.24, 2.45) is 5.73 Å². The summed E-state index contributed by atoms with van der Waals surface area (Å²) >= 11 is 0. The van der Waals surface area contributed by atoms with E-state index in [1.165, 1.54) is 6.07 Å². The highest BCUT2D eigenvalue weighted by molar-refractivity contribution is 6.03. The van der Waals surface area contributed by atoms with Gasteiger partial charge in [-0.25, -0.2) is 0 Å². The third-order valence-corrected chi connectivity index (χ3v) is 5.39. The molecule has 0 fully saturated rings. The maximum absolute atomic E-state index is 13.0. The molecule has 1 atom stereocenters. The number of nitrogens with two attached hydrogens (primary N) is 1. The first-order valence-electron chi connectivity index (χ1n) is 9.91. The van der Waals surface area contributed by atoms with Crippen LogP contribution in [0.2, 0.25) is 0 Å². The average Bonchev–Trinajstić information content (AvgIpc) is 2.77. The van der Waals surface area contributed by atoms with Crippen LogP contribution in [0.5, 0.6) is 0 Å². The van der Waals surface area contributed by atoms with Gasteiger partial charge in [-0.05, 0) is 51.4 Å². The molecule has 0 aliphatic heterocycles. The molecule has 0 unspecified atom stereocenters. The Balaban J connectivity index is 1.70. The van der Waals surface area contributed by atoms with Crippen LogP contribution in [0.3, 0.4) is 0 Å². The van der Waals surface area contributed by atoms with Gasteiger partial charge in [0.25, 0.3) is 5.91 Å². The van der Waals surface area contributed by atoms with Gasteiger partial charge in [-0.2, -0.15) is 13.2 Å². The molecule has 0 bridgehead atoms. The van der Waals surface area contributed by atoms with E-state index in [1.54, 1.807) is 0 Å². The van der Waals surface area contributed by atoms with E-state index in [9.17, 15) is 22.8 Å². The third kappa shape index (κ3) is 4.27. The lowest BCUT2D eigenvalue weighted by Gasteiger charge is -2.19. The van der Waals surface area contributed by atoms with Crippen LogP contribution in [0, 0.1) is 0 Å². The van der Waals surface area contributed by atoms with Crippen molar-refractivity contribution < 1.29 is 22.8 Å². The molecule has 0 radical (unpaired) electrons. The average molecular weight is 436 g/mol. The molecule has 4 rings (SSSR count). The van der Waals surface area contributed by atoms with Crippen molar-refractivity contribution >= 4 is 33.4 Å². The Labute approximate surface area is 181 Å². The molecule has 4 aromatic carbocycles. The van der Waals surface area contributed by atoms with Gasteiger partial charge in [-0.15, -0.1) is 0 Å². The first-order valence-corrected chi connectivity index (χ1v) is 9.91. The molecular weight excluding hydrogens is 417 g/mol. The molecule has 3 N–H and O–H groups in total. The van der Waals surface area contributed by atoms with Crippen LogP contribution >= 0.6 is 0 Å². The molecule has 0 heterocycles. The second-order valence-corrected chi connectivity index (χ2v) is 7.51. The molecule has 2 amide bonds. The van der Waals surface area contributed by atoms with Crippen molar-refractivity contribution in [3.8, 4) is 0 Å². The van der Waals surface area contributed by atoms with Crippen molar-refractivity contribution in [3.05, 3.63) is 95.6 Å². The van der Waals surface area contributed by atoms with Gasteiger partial charge in [-0.3, -0.25) is 9.59 Å². The number of nitrogens with one attached hydrogen (secondary N) is 1. The molecule has 32 heavy (non-hydrogen) atoms. The number of fused-ring (bicyclic) bond motifs is 2. The fraction of sp³-hybridized carbons (Fsp3) is 0.120. The maximum atomic E-state index is 13.0. The molecule has 0 aliphatic rings. The second kappa shape index (κ2) is 8.34. The largest absolute Gasteiger partial charge is 0.416 e. The van der Waals surface area contributed by atoms with E-state index in [2.05, 4.69) is 5.32 Å². The van der Waals surface area contributed by atoms with Crippen molar-refractivity contribution in [1.29, 1.82) is 0 Å². The molecule has 0 saturated carbocycles. The summed E-state index contributed by atoms with van der Waals surface area (Å²) in [6.07, 6.45) is -4.48. The Hall–Kier alpha value is -3.87. The number of amides is 2. The van der Waals surface area contributed by atoms with Gasteiger partial charge in [0.05, 0.1) is 5.56 Å². The van der Waals surface area contributed by atoms with Crippen LogP contribution in [-0.4, -0.2) is 17.9 Å². The normalized spacial score (nSPS) is 12.6. The molecule has 4 aromatic rings. The fourth-order valence-electron chi connectivity index (χ4n) is 3.83. The minimum atomic E-state index is -4.58. The summed E-state index contributed by atoms with van der Waals surface area (Å²) in [4.78, 5) is 24.9. The molecule has 0 aromatic heterocycles. The van der Waals surface area contributed by atoms with E-state index in [-0.39, 0.29) is 12.0 Å². The maximum Gasteiger partial charge on any atom is 0.416 e. The van der Waals surface area contributed by atoms with Crippen molar-refractivity contribution in [1.82, 2.24) is 5.32 Å². The van der Waals surface area contributed by atoms with Crippen molar-refractivity contribution in [2.75, 3.05) is 0 Å². The van der Waals surface area contributed by atoms with E-state index in [1.807, 2.05) is 54.6 Å². The Bertz CT molecular complexity index is 1280. The second-order valence-electron chi connectivity index (χ2n) is 7.51. The van der Waals surface area contributed by atoms with Crippen molar-refractivity contribution in [3.63, 3.8) is 0 Å². The molecule has 0 spiro atoms.